The van der Waals surface area contributed by atoms with Crippen LogP contribution in [0.25, 0.3) is 0 Å². The smallest absolute Gasteiger partial charge is 0.304 e. The van der Waals surface area contributed by atoms with Crippen LogP contribution in [0.4, 0.5) is 4.39 Å². The van der Waals surface area contributed by atoms with E-state index in [1.807, 2.05) is 11.9 Å². The van der Waals surface area contributed by atoms with Crippen molar-refractivity contribution >= 4 is 49.2 Å². The number of likely N-dealkylation sites (N-methyl/N-ethyl adjacent to an activating group) is 1. The Labute approximate surface area is 201 Å². The third kappa shape index (κ3) is 7.75. The van der Waals surface area contributed by atoms with Crippen LogP contribution in [0.5, 0.6) is 0 Å². The number of carboxylic acid groups (broad SMARTS) is 1. The molecular formula is C22H31Cl2FN2O3S. The Balaban J connectivity index is 0.00000240. The lowest BCUT2D eigenvalue weighted by Crippen LogP contribution is -2.43. The number of thiol groups is 1. The number of carbonyl (C=O) groups is 2. The van der Waals surface area contributed by atoms with Crippen LogP contribution in [0.1, 0.15) is 37.3 Å². The van der Waals surface area contributed by atoms with Gasteiger partial charge in [-0.1, -0.05) is 24.3 Å². The van der Waals surface area contributed by atoms with Crippen molar-refractivity contribution in [3.8, 4) is 0 Å². The number of benzene rings is 1. The highest BCUT2D eigenvalue weighted by atomic mass is 35.5. The largest absolute Gasteiger partial charge is 0.481 e. The van der Waals surface area contributed by atoms with Gasteiger partial charge in [0.2, 0.25) is 0 Å². The van der Waals surface area contributed by atoms with E-state index in [9.17, 15) is 14.0 Å². The lowest BCUT2D eigenvalue weighted by molar-refractivity contribution is -0.137. The van der Waals surface area contributed by atoms with Crippen molar-refractivity contribution in [1.82, 2.24) is 9.80 Å². The summed E-state index contributed by atoms with van der Waals surface area (Å²) in [4.78, 5) is 27.8. The highest BCUT2D eigenvalue weighted by molar-refractivity contribution is 7.81. The minimum Gasteiger partial charge on any atom is -0.481 e. The van der Waals surface area contributed by atoms with Crippen molar-refractivity contribution in [3.05, 3.63) is 47.3 Å². The molecule has 0 amide bonds. The molecule has 174 valence electrons. The first kappa shape index (κ1) is 27.9. The van der Waals surface area contributed by atoms with E-state index in [0.717, 1.165) is 24.8 Å². The molecule has 1 N–H and O–H groups in total. The number of rotatable bonds is 9. The van der Waals surface area contributed by atoms with Crippen molar-refractivity contribution in [2.45, 2.75) is 37.0 Å². The van der Waals surface area contributed by atoms with Gasteiger partial charge in [-0.3, -0.25) is 14.5 Å². The highest BCUT2D eigenvalue weighted by Crippen LogP contribution is 2.39. The van der Waals surface area contributed by atoms with E-state index in [-0.39, 0.29) is 54.0 Å². The van der Waals surface area contributed by atoms with Crippen LogP contribution in [0, 0.1) is 11.7 Å². The number of piperidine rings is 1. The number of hydrogen-bond donors (Lipinski definition) is 2. The maximum atomic E-state index is 14.6. The number of carboxylic acids is 1. The quantitative estimate of drug-likeness (QED) is 0.402. The first-order valence-electron chi connectivity index (χ1n) is 10.2. The Morgan fingerprint density at radius 1 is 1.29 bits per heavy atom. The Kier molecular flexibility index (Phi) is 11.5. The van der Waals surface area contributed by atoms with E-state index in [1.54, 1.807) is 18.2 Å². The normalized spacial score (nSPS) is 21.3. The van der Waals surface area contributed by atoms with Crippen molar-refractivity contribution < 1.29 is 19.1 Å². The average Bonchev–Trinajstić information content (AvgIpc) is 3.53. The van der Waals surface area contributed by atoms with Gasteiger partial charge in [-0.05, 0) is 37.9 Å². The molecule has 1 aliphatic heterocycles. The SMILES string of the molecule is CN(C/C=C1\CN(C(C(=O)C2CC2)c2ccccc2F)CCC1S)CCC(=O)O.Cl.Cl. The molecule has 1 heterocycles. The molecule has 2 fully saturated rings. The summed E-state index contributed by atoms with van der Waals surface area (Å²) in [5, 5.41) is 8.92. The number of nitrogens with zero attached hydrogens (tertiary/aromatic N) is 2. The number of hydrogen-bond acceptors (Lipinski definition) is 5. The summed E-state index contributed by atoms with van der Waals surface area (Å²) in [6.07, 6.45) is 4.75. The number of Topliss-reactive ketones (excluding diaryl/α,β-unsaturated/α-hetero) is 1. The predicted molar refractivity (Wildman–Crippen MR) is 128 cm³/mol. The molecule has 1 aromatic carbocycles. The van der Waals surface area contributed by atoms with Gasteiger partial charge in [-0.25, -0.2) is 4.39 Å². The molecule has 0 radical (unpaired) electrons. The third-order valence-corrected chi connectivity index (χ3v) is 6.28. The summed E-state index contributed by atoms with van der Waals surface area (Å²) in [6, 6.07) is 6.01. The van der Waals surface area contributed by atoms with Crippen molar-refractivity contribution in [3.63, 3.8) is 0 Å². The maximum absolute atomic E-state index is 14.6. The number of aliphatic carboxylic acids is 1. The molecule has 0 bridgehead atoms. The first-order chi connectivity index (χ1) is 13.9. The first-order valence-corrected chi connectivity index (χ1v) is 10.7. The fourth-order valence-corrected chi connectivity index (χ4v) is 4.08. The molecule has 9 heteroatoms. The molecule has 2 atom stereocenters. The van der Waals surface area contributed by atoms with Crippen molar-refractivity contribution in [2.24, 2.45) is 5.92 Å². The third-order valence-electron chi connectivity index (χ3n) is 5.69. The van der Waals surface area contributed by atoms with E-state index in [0.29, 0.717) is 31.7 Å². The van der Waals surface area contributed by atoms with Gasteiger partial charge < -0.3 is 10.0 Å². The van der Waals surface area contributed by atoms with E-state index < -0.39 is 12.0 Å². The standard InChI is InChI=1S/C22H29FN2O3S.2ClH/c1-24(12-10-20(26)27)11-8-16-14-25(13-9-19(16)29)21(22(28)15-6-7-15)17-4-2-3-5-18(17)23;;/h2-5,8,15,19,21,29H,6-7,9-14H2,1H3,(H,26,27);2*1H/b16-8+;;. The molecule has 31 heavy (non-hydrogen) atoms. The molecule has 3 rings (SSSR count). The summed E-state index contributed by atoms with van der Waals surface area (Å²) in [6.45, 7) is 2.35. The Hall–Kier alpha value is -1.12. The monoisotopic (exact) mass is 492 g/mol. The van der Waals surface area contributed by atoms with E-state index >= 15 is 0 Å². The van der Waals surface area contributed by atoms with Crippen LogP contribution >= 0.6 is 37.4 Å². The van der Waals surface area contributed by atoms with E-state index in [4.69, 9.17) is 17.7 Å². The Bertz CT molecular complexity index is 792. The van der Waals surface area contributed by atoms with Crippen LogP contribution < -0.4 is 0 Å². The molecule has 2 unspecified atom stereocenters. The molecule has 1 aromatic rings. The Morgan fingerprint density at radius 3 is 2.58 bits per heavy atom. The number of likely N-dealkylation sites (tertiary alicyclic amines) is 1. The summed E-state index contributed by atoms with van der Waals surface area (Å²) in [5.41, 5.74) is 1.56. The number of ketones is 1. The van der Waals surface area contributed by atoms with Crippen LogP contribution in [-0.4, -0.2) is 65.1 Å². The second kappa shape index (κ2) is 12.8. The topological polar surface area (TPSA) is 60.9 Å². The zero-order valence-corrected chi connectivity index (χ0v) is 20.1. The molecule has 2 aliphatic rings. The molecule has 0 aromatic heterocycles. The molecular weight excluding hydrogens is 462 g/mol. The lowest BCUT2D eigenvalue weighted by atomic mass is 9.93. The number of carbonyl (C=O) groups excluding carboxylic acids is 1. The molecule has 0 spiro atoms. The van der Waals surface area contributed by atoms with Gasteiger partial charge in [0.1, 0.15) is 5.82 Å². The molecule has 5 nitrogen and oxygen atoms in total. The van der Waals surface area contributed by atoms with Crippen LogP contribution in [0.2, 0.25) is 0 Å². The van der Waals surface area contributed by atoms with Gasteiger partial charge in [0.15, 0.2) is 5.78 Å². The molecule has 1 saturated heterocycles. The van der Waals surface area contributed by atoms with Crippen molar-refractivity contribution in [2.75, 3.05) is 33.2 Å². The molecule has 1 saturated carbocycles. The molecule has 1 aliphatic carbocycles. The van der Waals surface area contributed by atoms with Gasteiger partial charge in [0.05, 0.1) is 12.5 Å². The fraction of sp³-hybridized carbons (Fsp3) is 0.545. The van der Waals surface area contributed by atoms with Crippen LogP contribution in [0.3, 0.4) is 0 Å². The maximum Gasteiger partial charge on any atom is 0.304 e. The minimum atomic E-state index is -0.813. The minimum absolute atomic E-state index is 0. The van der Waals surface area contributed by atoms with E-state index in [2.05, 4.69) is 11.0 Å². The zero-order chi connectivity index (χ0) is 21.0. The summed E-state index contributed by atoms with van der Waals surface area (Å²) >= 11 is 4.70. The lowest BCUT2D eigenvalue weighted by Gasteiger charge is -2.38. The fourth-order valence-electron chi connectivity index (χ4n) is 3.78. The van der Waals surface area contributed by atoms with Gasteiger partial charge in [0, 0.05) is 42.9 Å². The van der Waals surface area contributed by atoms with Gasteiger partial charge >= 0.3 is 5.97 Å². The van der Waals surface area contributed by atoms with Gasteiger partial charge in [-0.2, -0.15) is 12.6 Å². The predicted octanol–water partition coefficient (Wildman–Crippen LogP) is 4.03. The number of halogens is 3. The summed E-state index contributed by atoms with van der Waals surface area (Å²) in [5.74, 6) is -0.987. The van der Waals surface area contributed by atoms with Gasteiger partial charge in [0.25, 0.3) is 0 Å². The van der Waals surface area contributed by atoms with Crippen LogP contribution in [0.15, 0.2) is 35.9 Å². The Morgan fingerprint density at radius 2 is 1.97 bits per heavy atom. The van der Waals surface area contributed by atoms with Gasteiger partial charge in [-0.15, -0.1) is 24.8 Å². The van der Waals surface area contributed by atoms with Crippen LogP contribution in [-0.2, 0) is 9.59 Å². The summed E-state index contributed by atoms with van der Waals surface area (Å²) < 4.78 is 14.6. The zero-order valence-electron chi connectivity index (χ0n) is 17.6. The van der Waals surface area contributed by atoms with Crippen molar-refractivity contribution in [1.29, 1.82) is 0 Å². The second-order valence-corrected chi connectivity index (χ2v) is 8.68. The highest BCUT2D eigenvalue weighted by Gasteiger charge is 2.40. The average molecular weight is 493 g/mol. The second-order valence-electron chi connectivity index (χ2n) is 8.06. The summed E-state index contributed by atoms with van der Waals surface area (Å²) in [7, 11) is 1.88. The van der Waals surface area contributed by atoms with E-state index in [1.165, 1.54) is 6.07 Å².